The van der Waals surface area contributed by atoms with Crippen LogP contribution < -0.4 is 5.73 Å². The van der Waals surface area contributed by atoms with Gasteiger partial charge in [0.05, 0.1) is 11.2 Å². The predicted octanol–water partition coefficient (Wildman–Crippen LogP) is 12.7. The third kappa shape index (κ3) is 11.2. The Morgan fingerprint density at radius 1 is 1.00 bits per heavy atom. The van der Waals surface area contributed by atoms with Gasteiger partial charge in [0.15, 0.2) is 5.78 Å². The fourth-order valence-corrected chi connectivity index (χ4v) is 12.6. The van der Waals surface area contributed by atoms with Crippen LogP contribution in [0.4, 0.5) is 0 Å². The minimum absolute atomic E-state index is 0.0625. The van der Waals surface area contributed by atoms with Crippen LogP contribution in [0, 0.1) is 63.1 Å². The van der Waals surface area contributed by atoms with Gasteiger partial charge in [0, 0.05) is 36.2 Å². The van der Waals surface area contributed by atoms with Crippen molar-refractivity contribution >= 4 is 32.3 Å². The Labute approximate surface area is 356 Å². The molecule has 328 valence electrons. The Kier molecular flexibility index (Phi) is 19.3. The number of hydrogen-bond donors (Lipinski definition) is 2. The predicted molar refractivity (Wildman–Crippen MR) is 246 cm³/mol. The summed E-state index contributed by atoms with van der Waals surface area (Å²) >= 11 is 0. The molecule has 0 saturated heterocycles. The third-order valence-electron chi connectivity index (χ3n) is 14.8. The van der Waals surface area contributed by atoms with E-state index in [0.29, 0.717) is 45.9 Å². The number of carboxylic acid groups (broad SMARTS) is 1. The Morgan fingerprint density at radius 2 is 1.57 bits per heavy atom. The average molecular weight is 823 g/mol. The van der Waals surface area contributed by atoms with Crippen molar-refractivity contribution < 1.29 is 24.2 Å². The van der Waals surface area contributed by atoms with Crippen molar-refractivity contribution in [3.05, 3.63) is 60.2 Å². The van der Waals surface area contributed by atoms with Crippen molar-refractivity contribution in [3.63, 3.8) is 0 Å². The first-order valence-electron chi connectivity index (χ1n) is 22.4. The van der Waals surface area contributed by atoms with Crippen molar-refractivity contribution in [1.29, 1.82) is 0 Å². The summed E-state index contributed by atoms with van der Waals surface area (Å²) in [6.45, 7) is 33.8. The van der Waals surface area contributed by atoms with Gasteiger partial charge >= 0.3 is 5.97 Å². The molecule has 10 atom stereocenters. The number of fused-ring (bicyclic) bond motifs is 7. The zero-order valence-corrected chi connectivity index (χ0v) is 40.1. The number of allylic oxidation sites excluding steroid dienone is 3. The second kappa shape index (κ2) is 21.8. The first-order valence-corrected chi connectivity index (χ1v) is 22.9. The van der Waals surface area contributed by atoms with E-state index in [-0.39, 0.29) is 17.4 Å². The molecule has 4 fully saturated rings. The molecule has 4 saturated carbocycles. The monoisotopic (exact) mass is 823 g/mol. The SMILES string of the molecule is C=C(C)OC(=C)c1cccnc1.CC(C)(CC(=O)P)C(=O)O.CCC.CCC(C)C12CCC3C(CCC4C5(C)CCC(C)C5CCC34C)C1=C(C(C)C)C(=O)C2.CN. The summed E-state index contributed by atoms with van der Waals surface area (Å²) in [5, 5.41) is 8.53. The van der Waals surface area contributed by atoms with Gasteiger partial charge in [-0.05, 0) is 149 Å². The van der Waals surface area contributed by atoms with E-state index >= 15 is 0 Å². The van der Waals surface area contributed by atoms with E-state index in [0.717, 1.165) is 35.7 Å². The van der Waals surface area contributed by atoms with Crippen molar-refractivity contribution in [2.24, 2.45) is 68.8 Å². The maximum Gasteiger partial charge on any atom is 0.309 e. The highest BCUT2D eigenvalue weighted by Gasteiger charge is 2.65. The zero-order chi connectivity index (χ0) is 44.4. The number of rotatable bonds is 9. The fraction of sp³-hybridized carbons (Fsp3) is 0.720. The molecule has 7 nitrogen and oxygen atoms in total. The van der Waals surface area contributed by atoms with Gasteiger partial charge in [-0.2, -0.15) is 0 Å². The summed E-state index contributed by atoms with van der Waals surface area (Å²) in [5.74, 6) is 6.10. The van der Waals surface area contributed by atoms with Gasteiger partial charge in [-0.15, -0.1) is 0 Å². The molecule has 8 heteroatoms. The van der Waals surface area contributed by atoms with E-state index in [9.17, 15) is 14.4 Å². The van der Waals surface area contributed by atoms with Crippen molar-refractivity contribution in [1.82, 2.24) is 4.98 Å². The maximum atomic E-state index is 13.4. The molecule has 0 amide bonds. The van der Waals surface area contributed by atoms with Crippen molar-refractivity contribution in [2.75, 3.05) is 7.05 Å². The fourth-order valence-electron chi connectivity index (χ4n) is 12.1. The van der Waals surface area contributed by atoms with Crippen LogP contribution >= 0.6 is 9.24 Å². The third-order valence-corrected chi connectivity index (χ3v) is 15.0. The molecule has 0 radical (unpaired) electrons. The summed E-state index contributed by atoms with van der Waals surface area (Å²) in [7, 11) is 3.46. The number of aromatic nitrogens is 1. The van der Waals surface area contributed by atoms with Gasteiger partial charge in [0.25, 0.3) is 0 Å². The van der Waals surface area contributed by atoms with Crippen LogP contribution in [0.25, 0.3) is 5.76 Å². The van der Waals surface area contributed by atoms with E-state index in [1.165, 1.54) is 90.7 Å². The number of nitrogens with zero attached hydrogens (tertiary/aromatic N) is 1. The van der Waals surface area contributed by atoms with Crippen LogP contribution in [0.2, 0.25) is 0 Å². The van der Waals surface area contributed by atoms with E-state index in [4.69, 9.17) is 9.84 Å². The van der Waals surface area contributed by atoms with Crippen LogP contribution in [0.3, 0.4) is 0 Å². The second-order valence-electron chi connectivity index (χ2n) is 19.6. The molecule has 0 aromatic carbocycles. The Morgan fingerprint density at radius 3 is 2.05 bits per heavy atom. The van der Waals surface area contributed by atoms with Crippen LogP contribution in [0.1, 0.15) is 166 Å². The van der Waals surface area contributed by atoms with Gasteiger partial charge in [0.1, 0.15) is 11.3 Å². The highest BCUT2D eigenvalue weighted by molar-refractivity contribution is 7.40. The normalized spacial score (nSPS) is 31.0. The lowest BCUT2D eigenvalue weighted by atomic mass is 9.40. The highest BCUT2D eigenvalue weighted by atomic mass is 31.0. The smallest absolute Gasteiger partial charge is 0.309 e. The van der Waals surface area contributed by atoms with Gasteiger partial charge in [-0.25, -0.2) is 0 Å². The average Bonchev–Trinajstić information content (AvgIpc) is 3.64. The Hall–Kier alpha value is -2.63. The molecule has 5 aliphatic carbocycles. The number of ketones is 1. The van der Waals surface area contributed by atoms with Crippen LogP contribution in [0.5, 0.6) is 0 Å². The number of pyridine rings is 1. The van der Waals surface area contributed by atoms with E-state index < -0.39 is 11.4 Å². The summed E-state index contributed by atoms with van der Waals surface area (Å²) in [6, 6.07) is 3.72. The number of Topliss-reactive ketones (excluding diaryl/α,β-unsaturated/α-hetero) is 1. The highest BCUT2D eigenvalue weighted by Crippen LogP contribution is 2.73. The van der Waals surface area contributed by atoms with E-state index in [1.807, 2.05) is 21.4 Å². The molecule has 6 rings (SSSR count). The molecule has 58 heavy (non-hydrogen) atoms. The van der Waals surface area contributed by atoms with Crippen LogP contribution in [-0.2, 0) is 19.1 Å². The van der Waals surface area contributed by atoms with Gasteiger partial charge in [0.2, 0.25) is 0 Å². The minimum atomic E-state index is -0.941. The van der Waals surface area contributed by atoms with E-state index in [2.05, 4.69) is 86.2 Å². The molecule has 0 aliphatic heterocycles. The summed E-state index contributed by atoms with van der Waals surface area (Å²) in [5.41, 5.74) is 8.51. The van der Waals surface area contributed by atoms with Gasteiger partial charge < -0.3 is 15.6 Å². The van der Waals surface area contributed by atoms with E-state index in [1.54, 1.807) is 24.9 Å². The molecule has 0 bridgehead atoms. The molecular formula is C50H83N2O5P. The van der Waals surface area contributed by atoms with Crippen molar-refractivity contribution in [2.45, 2.75) is 160 Å². The zero-order valence-electron chi connectivity index (χ0n) is 38.9. The number of carbonyl (C=O) groups excluding carboxylic acids is 2. The quantitative estimate of drug-likeness (QED) is 0.188. The molecule has 1 aromatic heterocycles. The first kappa shape index (κ1) is 51.5. The molecule has 10 unspecified atom stereocenters. The van der Waals surface area contributed by atoms with Gasteiger partial charge in [-0.3, -0.25) is 19.4 Å². The topological polar surface area (TPSA) is 120 Å². The number of carbonyl (C=O) groups is 3. The summed E-state index contributed by atoms with van der Waals surface area (Å²) < 4.78 is 5.21. The van der Waals surface area contributed by atoms with Gasteiger partial charge in [-0.1, -0.05) is 103 Å². The lowest BCUT2D eigenvalue weighted by molar-refractivity contribution is -0.148. The Balaban J connectivity index is 0.000000354. The first-order chi connectivity index (χ1) is 27.1. The summed E-state index contributed by atoms with van der Waals surface area (Å²) in [4.78, 5) is 38.2. The second-order valence-corrected chi connectivity index (χ2v) is 20.3. The van der Waals surface area contributed by atoms with Crippen LogP contribution in [-0.4, -0.2) is 34.4 Å². The standard InChI is InChI=1S/C30H48O.C10H11NO.C6H11O3P.C3H8.CH5N/c1-8-20(5)30-16-13-23-21(27(30)26(18(2)3)24(31)17-30)9-10-25-28(6)14-11-19(4)22(28)12-15-29(23,25)7;1-8(2)12-9(3)10-5-4-6-11-7-10;1-6(2,5(8)9)3-4(7)10;1-3-2;1-2/h18-23,25H,8-17H2,1-7H3;4-7H,1,3H2,2H3;3,10H2,1-2H3,(H,8,9);3H2,1-2H3;2H2,1H3. The van der Waals surface area contributed by atoms with Crippen molar-refractivity contribution in [3.8, 4) is 0 Å². The molecule has 3 N–H and O–H groups in total. The number of aliphatic carboxylic acids is 1. The summed E-state index contributed by atoms with van der Waals surface area (Å²) in [6.07, 6.45) is 18.0. The number of carboxylic acids is 1. The Bertz CT molecular complexity index is 1600. The molecule has 1 heterocycles. The molecule has 0 spiro atoms. The lowest BCUT2D eigenvalue weighted by Crippen LogP contribution is -2.57. The maximum absolute atomic E-state index is 13.4. The number of nitrogens with two attached hydrogens (primary N) is 1. The van der Waals surface area contributed by atoms with Crippen LogP contribution in [0.15, 0.2) is 54.6 Å². The molecular weight excluding hydrogens is 740 g/mol. The minimum Gasteiger partial charge on any atom is -0.481 e. The number of hydrogen-bond acceptors (Lipinski definition) is 6. The molecule has 1 aromatic rings. The lowest BCUT2D eigenvalue weighted by Gasteiger charge is -2.64. The number of ether oxygens (including phenoxy) is 1. The largest absolute Gasteiger partial charge is 0.481 e. The molecule has 5 aliphatic rings.